The van der Waals surface area contributed by atoms with Crippen molar-refractivity contribution in [2.45, 2.75) is 77.0 Å². The lowest BCUT2D eigenvalue weighted by molar-refractivity contribution is 0.503. The molecule has 0 heterocycles. The summed E-state index contributed by atoms with van der Waals surface area (Å²) in [6.07, 6.45) is 23.8. The van der Waals surface area contributed by atoms with E-state index < -0.39 is 0 Å². The van der Waals surface area contributed by atoms with Crippen LogP contribution < -0.4 is 5.73 Å². The van der Waals surface area contributed by atoms with E-state index in [4.69, 9.17) is 5.73 Å². The highest BCUT2D eigenvalue weighted by Crippen LogP contribution is 2.42. The van der Waals surface area contributed by atoms with E-state index in [1.54, 1.807) is 5.57 Å². The standard InChI is InChI=1S/C19H33N/c20-16-10-6-4-2-1-3-5-7-11-17-14-15-18-12-8-9-13-19(17)18/h8-9,13,17-18H,1-7,10-12,14-16,20H2. The van der Waals surface area contributed by atoms with Crippen LogP contribution in [0.3, 0.4) is 0 Å². The van der Waals surface area contributed by atoms with Crippen LogP contribution in [0.5, 0.6) is 0 Å². The molecule has 0 aromatic rings. The molecule has 2 N–H and O–H groups in total. The van der Waals surface area contributed by atoms with Gasteiger partial charge < -0.3 is 5.73 Å². The fourth-order valence-electron chi connectivity index (χ4n) is 3.92. The smallest absolute Gasteiger partial charge is 0.00773 e. The molecule has 0 saturated heterocycles. The number of unbranched alkanes of at least 4 members (excludes halogenated alkanes) is 7. The summed E-state index contributed by atoms with van der Waals surface area (Å²) in [5.74, 6) is 1.84. The molecule has 2 aliphatic carbocycles. The number of fused-ring (bicyclic) bond motifs is 1. The van der Waals surface area contributed by atoms with Gasteiger partial charge in [-0.1, -0.05) is 68.7 Å². The fraction of sp³-hybridized carbons (Fsp3) is 0.789. The molecule has 0 amide bonds. The first kappa shape index (κ1) is 15.8. The van der Waals surface area contributed by atoms with E-state index in [2.05, 4.69) is 18.2 Å². The predicted octanol–water partition coefficient (Wildman–Crippen LogP) is 5.37. The number of allylic oxidation sites excluding steroid dienone is 4. The predicted molar refractivity (Wildman–Crippen MR) is 88.7 cm³/mol. The van der Waals surface area contributed by atoms with Crippen LogP contribution in [-0.2, 0) is 0 Å². The van der Waals surface area contributed by atoms with E-state index in [9.17, 15) is 0 Å². The van der Waals surface area contributed by atoms with Crippen LogP contribution in [0.4, 0.5) is 0 Å². The van der Waals surface area contributed by atoms with E-state index in [-0.39, 0.29) is 0 Å². The van der Waals surface area contributed by atoms with Crippen molar-refractivity contribution in [1.82, 2.24) is 0 Å². The monoisotopic (exact) mass is 275 g/mol. The lowest BCUT2D eigenvalue weighted by Crippen LogP contribution is -2.04. The zero-order valence-corrected chi connectivity index (χ0v) is 13.2. The Kier molecular flexibility index (Phi) is 7.43. The molecule has 0 radical (unpaired) electrons. The van der Waals surface area contributed by atoms with Gasteiger partial charge in [-0.15, -0.1) is 0 Å². The Labute approximate surface area is 125 Å². The first-order valence-corrected chi connectivity index (χ1v) is 8.98. The third kappa shape index (κ3) is 5.09. The van der Waals surface area contributed by atoms with Gasteiger partial charge in [-0.25, -0.2) is 0 Å². The number of hydrogen-bond donors (Lipinski definition) is 1. The molecule has 20 heavy (non-hydrogen) atoms. The minimum absolute atomic E-state index is 0.868. The Morgan fingerprint density at radius 1 is 0.900 bits per heavy atom. The molecule has 0 aliphatic heterocycles. The van der Waals surface area contributed by atoms with Gasteiger partial charge in [0.05, 0.1) is 0 Å². The van der Waals surface area contributed by atoms with Gasteiger partial charge in [-0.2, -0.15) is 0 Å². The van der Waals surface area contributed by atoms with E-state index in [0.717, 1.165) is 18.4 Å². The maximum Gasteiger partial charge on any atom is -0.00773 e. The maximum atomic E-state index is 5.51. The SMILES string of the molecule is NCCCCCCCCCCC1CCC2CC=CC=C21. The first-order chi connectivity index (χ1) is 9.92. The summed E-state index contributed by atoms with van der Waals surface area (Å²) in [6.45, 7) is 0.868. The normalized spacial score (nSPS) is 24.8. The van der Waals surface area contributed by atoms with Crippen molar-refractivity contribution >= 4 is 0 Å². The summed E-state index contributed by atoms with van der Waals surface area (Å²) in [5.41, 5.74) is 7.29. The van der Waals surface area contributed by atoms with Crippen LogP contribution in [0.25, 0.3) is 0 Å². The second-order valence-electron chi connectivity index (χ2n) is 6.71. The lowest BCUT2D eigenvalue weighted by Gasteiger charge is -2.18. The average molecular weight is 275 g/mol. The van der Waals surface area contributed by atoms with Gasteiger partial charge in [0.15, 0.2) is 0 Å². The Bertz CT molecular complexity index is 316. The van der Waals surface area contributed by atoms with Crippen molar-refractivity contribution in [2.24, 2.45) is 17.6 Å². The van der Waals surface area contributed by atoms with Gasteiger partial charge in [0.2, 0.25) is 0 Å². The zero-order chi connectivity index (χ0) is 14.0. The quantitative estimate of drug-likeness (QED) is 0.533. The average Bonchev–Trinajstić information content (AvgIpc) is 2.89. The Morgan fingerprint density at radius 3 is 2.35 bits per heavy atom. The van der Waals surface area contributed by atoms with Gasteiger partial charge in [-0.05, 0) is 50.5 Å². The van der Waals surface area contributed by atoms with Crippen molar-refractivity contribution in [3.8, 4) is 0 Å². The fourth-order valence-corrected chi connectivity index (χ4v) is 3.92. The van der Waals surface area contributed by atoms with Gasteiger partial charge in [0.25, 0.3) is 0 Å². The van der Waals surface area contributed by atoms with Crippen molar-refractivity contribution in [3.63, 3.8) is 0 Å². The summed E-state index contributed by atoms with van der Waals surface area (Å²) in [7, 11) is 0. The molecule has 2 atom stereocenters. The Balaban J connectivity index is 1.47. The summed E-state index contributed by atoms with van der Waals surface area (Å²) in [6, 6.07) is 0. The summed E-state index contributed by atoms with van der Waals surface area (Å²) < 4.78 is 0. The van der Waals surface area contributed by atoms with Gasteiger partial charge in [0, 0.05) is 0 Å². The van der Waals surface area contributed by atoms with Crippen LogP contribution in [0.1, 0.15) is 77.0 Å². The molecule has 0 bridgehead atoms. The van der Waals surface area contributed by atoms with E-state index >= 15 is 0 Å². The van der Waals surface area contributed by atoms with E-state index in [0.29, 0.717) is 0 Å². The highest BCUT2D eigenvalue weighted by molar-refractivity contribution is 5.26. The van der Waals surface area contributed by atoms with E-state index in [1.165, 1.54) is 77.0 Å². The molecular formula is C19H33N. The Morgan fingerprint density at radius 2 is 1.60 bits per heavy atom. The van der Waals surface area contributed by atoms with Crippen molar-refractivity contribution in [1.29, 1.82) is 0 Å². The van der Waals surface area contributed by atoms with Crippen LogP contribution in [0.15, 0.2) is 23.8 Å². The topological polar surface area (TPSA) is 26.0 Å². The molecule has 2 unspecified atom stereocenters. The second kappa shape index (κ2) is 9.39. The number of rotatable bonds is 10. The maximum absolute atomic E-state index is 5.51. The molecule has 1 saturated carbocycles. The van der Waals surface area contributed by atoms with Crippen LogP contribution in [0.2, 0.25) is 0 Å². The van der Waals surface area contributed by atoms with Crippen LogP contribution in [-0.4, -0.2) is 6.54 Å². The van der Waals surface area contributed by atoms with Crippen molar-refractivity contribution in [2.75, 3.05) is 6.54 Å². The number of hydrogen-bond acceptors (Lipinski definition) is 1. The molecular weight excluding hydrogens is 242 g/mol. The molecule has 1 nitrogen and oxygen atoms in total. The third-order valence-corrected chi connectivity index (χ3v) is 5.16. The molecule has 0 aromatic heterocycles. The van der Waals surface area contributed by atoms with Gasteiger partial charge >= 0.3 is 0 Å². The minimum Gasteiger partial charge on any atom is -0.330 e. The highest BCUT2D eigenvalue weighted by Gasteiger charge is 2.29. The summed E-state index contributed by atoms with van der Waals surface area (Å²) in [5, 5.41) is 0. The first-order valence-electron chi connectivity index (χ1n) is 8.98. The zero-order valence-electron chi connectivity index (χ0n) is 13.2. The molecule has 1 heteroatoms. The van der Waals surface area contributed by atoms with Crippen LogP contribution >= 0.6 is 0 Å². The van der Waals surface area contributed by atoms with Gasteiger partial charge in [0.1, 0.15) is 0 Å². The van der Waals surface area contributed by atoms with Crippen molar-refractivity contribution < 1.29 is 0 Å². The summed E-state index contributed by atoms with van der Waals surface area (Å²) >= 11 is 0. The highest BCUT2D eigenvalue weighted by atomic mass is 14.5. The largest absolute Gasteiger partial charge is 0.330 e. The third-order valence-electron chi connectivity index (χ3n) is 5.16. The molecule has 0 spiro atoms. The van der Waals surface area contributed by atoms with Crippen LogP contribution in [0, 0.1) is 11.8 Å². The Hall–Kier alpha value is -0.560. The lowest BCUT2D eigenvalue weighted by atomic mass is 9.88. The summed E-state index contributed by atoms with van der Waals surface area (Å²) in [4.78, 5) is 0. The van der Waals surface area contributed by atoms with E-state index in [1.807, 2.05) is 0 Å². The van der Waals surface area contributed by atoms with Crippen molar-refractivity contribution in [3.05, 3.63) is 23.8 Å². The molecule has 2 rings (SSSR count). The molecule has 114 valence electrons. The second-order valence-corrected chi connectivity index (χ2v) is 6.71. The number of nitrogens with two attached hydrogens (primary N) is 1. The minimum atomic E-state index is 0.868. The molecule has 1 fully saturated rings. The molecule has 2 aliphatic rings. The van der Waals surface area contributed by atoms with Gasteiger partial charge in [-0.3, -0.25) is 0 Å². The molecule has 0 aromatic carbocycles.